The topological polar surface area (TPSA) is 63.1 Å². The molecule has 1 aliphatic rings. The van der Waals surface area contributed by atoms with Crippen LogP contribution in [0.1, 0.15) is 20.8 Å². The summed E-state index contributed by atoms with van der Waals surface area (Å²) in [5.74, 6) is -0.951. The summed E-state index contributed by atoms with van der Waals surface area (Å²) in [6.45, 7) is 0. The number of carbonyl (C=O) groups is 1. The fraction of sp³-hybridized carbons (Fsp3) is 0.0625. The number of aromatic carboxylic acids is 1. The van der Waals surface area contributed by atoms with Crippen molar-refractivity contribution in [3.05, 3.63) is 58.6 Å². The van der Waals surface area contributed by atoms with E-state index in [0.29, 0.717) is 5.69 Å². The average Bonchev–Trinajstić information content (AvgIpc) is 3.05. The van der Waals surface area contributed by atoms with Gasteiger partial charge in [-0.2, -0.15) is 0 Å². The van der Waals surface area contributed by atoms with E-state index in [1.807, 2.05) is 12.1 Å². The van der Waals surface area contributed by atoms with E-state index in [1.165, 1.54) is 28.3 Å². The van der Waals surface area contributed by atoms with Crippen molar-refractivity contribution in [2.24, 2.45) is 0 Å². The van der Waals surface area contributed by atoms with Gasteiger partial charge in [-0.25, -0.2) is 9.78 Å². The van der Waals surface area contributed by atoms with E-state index in [1.54, 1.807) is 17.4 Å². The number of carboxylic acids is 1. The standard InChI is InChI=1S/C16H10N2O2S/c19-16(20)10-5-6-17-12(7-10)15-18-14-11-4-2-1-3-9(11)8-13(14)21-15/h1-7H,8H2,(H,19,20). The molecular formula is C16H10N2O2S. The molecule has 1 aromatic carbocycles. The van der Waals surface area contributed by atoms with Crippen LogP contribution >= 0.6 is 11.3 Å². The molecule has 0 fully saturated rings. The number of nitrogens with zero attached hydrogens (tertiary/aromatic N) is 2. The Labute approximate surface area is 124 Å². The molecule has 5 heteroatoms. The maximum atomic E-state index is 11.0. The van der Waals surface area contributed by atoms with E-state index in [4.69, 9.17) is 5.11 Å². The smallest absolute Gasteiger partial charge is 0.335 e. The number of hydrogen-bond acceptors (Lipinski definition) is 4. The Kier molecular flexibility index (Phi) is 2.62. The fourth-order valence-corrected chi connectivity index (χ4v) is 3.62. The minimum Gasteiger partial charge on any atom is -0.478 e. The number of benzene rings is 1. The maximum Gasteiger partial charge on any atom is 0.335 e. The lowest BCUT2D eigenvalue weighted by atomic mass is 10.1. The zero-order valence-corrected chi connectivity index (χ0v) is 11.7. The second kappa shape index (κ2) is 4.49. The van der Waals surface area contributed by atoms with Gasteiger partial charge in [-0.05, 0) is 17.7 Å². The zero-order chi connectivity index (χ0) is 14.4. The van der Waals surface area contributed by atoms with E-state index < -0.39 is 5.97 Å². The average molecular weight is 294 g/mol. The normalized spacial score (nSPS) is 12.0. The van der Waals surface area contributed by atoms with E-state index in [9.17, 15) is 4.79 Å². The Balaban J connectivity index is 1.80. The molecule has 4 nitrogen and oxygen atoms in total. The highest BCUT2D eigenvalue weighted by atomic mass is 32.1. The Bertz CT molecular complexity index is 870. The summed E-state index contributed by atoms with van der Waals surface area (Å²) in [7, 11) is 0. The summed E-state index contributed by atoms with van der Waals surface area (Å²) in [6.07, 6.45) is 2.40. The highest BCUT2D eigenvalue weighted by Crippen LogP contribution is 2.41. The van der Waals surface area contributed by atoms with Crippen LogP contribution in [-0.4, -0.2) is 21.0 Å². The number of carboxylic acid groups (broad SMARTS) is 1. The first-order chi connectivity index (χ1) is 10.2. The number of fused-ring (bicyclic) bond motifs is 3. The van der Waals surface area contributed by atoms with E-state index in [0.717, 1.165) is 17.1 Å². The first kappa shape index (κ1) is 12.2. The van der Waals surface area contributed by atoms with Crippen molar-refractivity contribution in [3.63, 3.8) is 0 Å². The minimum atomic E-state index is -0.951. The summed E-state index contributed by atoms with van der Waals surface area (Å²) < 4.78 is 0. The Morgan fingerprint density at radius 3 is 2.95 bits per heavy atom. The minimum absolute atomic E-state index is 0.232. The van der Waals surface area contributed by atoms with Crippen LogP contribution in [-0.2, 0) is 6.42 Å². The van der Waals surface area contributed by atoms with Gasteiger partial charge in [-0.3, -0.25) is 4.98 Å². The van der Waals surface area contributed by atoms with Crippen LogP contribution in [0, 0.1) is 0 Å². The van der Waals surface area contributed by atoms with Crippen LogP contribution in [0.5, 0.6) is 0 Å². The third-order valence-corrected chi connectivity index (χ3v) is 4.62. The Morgan fingerprint density at radius 1 is 1.24 bits per heavy atom. The lowest BCUT2D eigenvalue weighted by Gasteiger charge is -1.99. The van der Waals surface area contributed by atoms with Gasteiger partial charge in [0.1, 0.15) is 5.01 Å². The van der Waals surface area contributed by atoms with Gasteiger partial charge in [0.05, 0.1) is 17.0 Å². The van der Waals surface area contributed by atoms with Crippen LogP contribution in [0.3, 0.4) is 0 Å². The van der Waals surface area contributed by atoms with Gasteiger partial charge in [0.15, 0.2) is 0 Å². The van der Waals surface area contributed by atoms with Crippen LogP contribution in [0.25, 0.3) is 22.0 Å². The van der Waals surface area contributed by atoms with Gasteiger partial charge < -0.3 is 5.11 Å². The molecule has 3 aromatic rings. The molecule has 102 valence electrons. The van der Waals surface area contributed by atoms with Gasteiger partial charge >= 0.3 is 5.97 Å². The molecule has 1 N–H and O–H groups in total. The molecule has 0 saturated carbocycles. The molecule has 0 spiro atoms. The lowest BCUT2D eigenvalue weighted by Crippen LogP contribution is -1.97. The summed E-state index contributed by atoms with van der Waals surface area (Å²) in [5, 5.41) is 9.83. The molecule has 0 atom stereocenters. The number of rotatable bonds is 2. The molecule has 0 bridgehead atoms. The number of hydrogen-bond donors (Lipinski definition) is 1. The summed E-state index contributed by atoms with van der Waals surface area (Å²) in [5.41, 5.74) is 4.32. The Morgan fingerprint density at radius 2 is 2.10 bits per heavy atom. The van der Waals surface area contributed by atoms with Crippen molar-refractivity contribution >= 4 is 17.3 Å². The molecule has 0 radical (unpaired) electrons. The molecule has 0 aliphatic heterocycles. The summed E-state index contributed by atoms with van der Waals surface area (Å²) in [4.78, 5) is 21.2. The van der Waals surface area contributed by atoms with Crippen molar-refractivity contribution in [2.75, 3.05) is 0 Å². The van der Waals surface area contributed by atoms with Gasteiger partial charge in [0.25, 0.3) is 0 Å². The van der Waals surface area contributed by atoms with Gasteiger partial charge in [-0.1, -0.05) is 24.3 Å². The third kappa shape index (κ3) is 1.94. The van der Waals surface area contributed by atoms with E-state index in [-0.39, 0.29) is 5.56 Å². The van der Waals surface area contributed by atoms with Crippen molar-refractivity contribution in [2.45, 2.75) is 6.42 Å². The first-order valence-electron chi connectivity index (χ1n) is 6.50. The molecule has 0 saturated heterocycles. The highest BCUT2D eigenvalue weighted by molar-refractivity contribution is 7.15. The molecule has 0 unspecified atom stereocenters. The van der Waals surface area contributed by atoms with Gasteiger partial charge in [0.2, 0.25) is 0 Å². The lowest BCUT2D eigenvalue weighted by molar-refractivity contribution is 0.0697. The molecule has 21 heavy (non-hydrogen) atoms. The molecule has 2 aromatic heterocycles. The zero-order valence-electron chi connectivity index (χ0n) is 10.9. The SMILES string of the molecule is O=C(O)c1ccnc(-c2nc3c(s2)Cc2ccccc2-3)c1. The number of aromatic nitrogens is 2. The molecule has 1 aliphatic carbocycles. The van der Waals surface area contributed by atoms with Crippen LogP contribution in [0.15, 0.2) is 42.6 Å². The predicted molar refractivity (Wildman–Crippen MR) is 80.5 cm³/mol. The van der Waals surface area contributed by atoms with E-state index in [2.05, 4.69) is 22.1 Å². The van der Waals surface area contributed by atoms with Crippen molar-refractivity contribution < 1.29 is 9.90 Å². The predicted octanol–water partition coefficient (Wildman–Crippen LogP) is 3.47. The van der Waals surface area contributed by atoms with Crippen LogP contribution in [0.4, 0.5) is 0 Å². The largest absolute Gasteiger partial charge is 0.478 e. The number of pyridine rings is 1. The van der Waals surface area contributed by atoms with Gasteiger partial charge in [-0.15, -0.1) is 11.3 Å². The summed E-state index contributed by atoms with van der Waals surface area (Å²) >= 11 is 1.59. The molecule has 2 heterocycles. The second-order valence-corrected chi connectivity index (χ2v) is 5.94. The fourth-order valence-electron chi connectivity index (χ4n) is 2.55. The van der Waals surface area contributed by atoms with Crippen LogP contribution in [0.2, 0.25) is 0 Å². The maximum absolute atomic E-state index is 11.0. The molecular weight excluding hydrogens is 284 g/mol. The van der Waals surface area contributed by atoms with Crippen LogP contribution < -0.4 is 0 Å². The Hall–Kier alpha value is -2.53. The van der Waals surface area contributed by atoms with Crippen molar-refractivity contribution in [1.82, 2.24) is 9.97 Å². The molecule has 0 amide bonds. The first-order valence-corrected chi connectivity index (χ1v) is 7.32. The van der Waals surface area contributed by atoms with E-state index >= 15 is 0 Å². The summed E-state index contributed by atoms with van der Waals surface area (Å²) in [6, 6.07) is 11.3. The highest BCUT2D eigenvalue weighted by Gasteiger charge is 2.23. The monoisotopic (exact) mass is 294 g/mol. The van der Waals surface area contributed by atoms with Crippen molar-refractivity contribution in [1.29, 1.82) is 0 Å². The number of thiazole rings is 1. The molecule has 4 rings (SSSR count). The third-order valence-electron chi connectivity index (χ3n) is 3.55. The quantitative estimate of drug-likeness (QED) is 0.615. The van der Waals surface area contributed by atoms with Gasteiger partial charge in [0, 0.05) is 23.1 Å². The van der Waals surface area contributed by atoms with Crippen molar-refractivity contribution in [3.8, 4) is 22.0 Å². The second-order valence-electron chi connectivity index (χ2n) is 4.86.